The van der Waals surface area contributed by atoms with E-state index in [0.717, 1.165) is 6.07 Å². The van der Waals surface area contributed by atoms with Gasteiger partial charge in [0, 0.05) is 19.0 Å². The molecule has 88 valence electrons. The summed E-state index contributed by atoms with van der Waals surface area (Å²) in [7, 11) is 1.71. The van der Waals surface area contributed by atoms with Crippen molar-refractivity contribution < 1.29 is 13.6 Å². The number of amides is 1. The summed E-state index contributed by atoms with van der Waals surface area (Å²) in [5, 5.41) is 5.16. The van der Waals surface area contributed by atoms with Gasteiger partial charge in [-0.05, 0) is 29.0 Å². The number of rotatable bonds is 4. The molecule has 0 radical (unpaired) electrons. The molecule has 0 aliphatic heterocycles. The van der Waals surface area contributed by atoms with Crippen molar-refractivity contribution >= 4 is 27.5 Å². The number of hydrogen-bond acceptors (Lipinski definition) is 2. The van der Waals surface area contributed by atoms with Crippen LogP contribution in [-0.4, -0.2) is 19.5 Å². The lowest BCUT2D eigenvalue weighted by Gasteiger charge is -2.07. The molecule has 0 heterocycles. The van der Waals surface area contributed by atoms with Crippen LogP contribution in [-0.2, 0) is 4.79 Å². The average Bonchev–Trinajstić information content (AvgIpc) is 2.23. The average molecular weight is 293 g/mol. The van der Waals surface area contributed by atoms with Gasteiger partial charge in [-0.2, -0.15) is 0 Å². The zero-order valence-electron chi connectivity index (χ0n) is 8.61. The summed E-state index contributed by atoms with van der Waals surface area (Å²) >= 11 is 2.92. The highest BCUT2D eigenvalue weighted by atomic mass is 79.9. The summed E-state index contributed by atoms with van der Waals surface area (Å²) in [4.78, 5) is 11.3. The van der Waals surface area contributed by atoms with Crippen LogP contribution >= 0.6 is 15.9 Å². The third kappa shape index (κ3) is 3.53. The third-order valence-corrected chi connectivity index (χ3v) is 2.49. The Morgan fingerprint density at radius 1 is 1.38 bits per heavy atom. The first kappa shape index (κ1) is 13.1. The van der Waals surface area contributed by atoms with E-state index >= 15 is 0 Å². The molecular weight excluding hydrogens is 282 g/mol. The summed E-state index contributed by atoms with van der Waals surface area (Å²) in [5.74, 6) is -1.82. The normalized spacial score (nSPS) is 10.2. The Hall–Kier alpha value is -1.01. The fraction of sp³-hybridized carbons (Fsp3) is 0.300. The molecule has 0 fully saturated rings. The SMILES string of the molecule is CNCCC(=O)Nc1cc(Br)c(F)cc1F. The smallest absolute Gasteiger partial charge is 0.225 e. The molecule has 0 aliphatic carbocycles. The Bertz CT molecular complexity index is 399. The number of halogens is 3. The summed E-state index contributed by atoms with van der Waals surface area (Å²) in [6, 6.07) is 1.92. The molecular formula is C10H11BrF2N2O. The number of nitrogens with one attached hydrogen (secondary N) is 2. The van der Waals surface area contributed by atoms with E-state index in [0.29, 0.717) is 6.54 Å². The molecule has 0 saturated heterocycles. The van der Waals surface area contributed by atoms with Crippen LogP contribution in [0.25, 0.3) is 0 Å². The lowest BCUT2D eigenvalue weighted by molar-refractivity contribution is -0.116. The summed E-state index contributed by atoms with van der Waals surface area (Å²) < 4.78 is 26.2. The van der Waals surface area contributed by atoms with Gasteiger partial charge >= 0.3 is 0 Å². The van der Waals surface area contributed by atoms with E-state index in [9.17, 15) is 13.6 Å². The van der Waals surface area contributed by atoms with Crippen LogP contribution in [0.1, 0.15) is 6.42 Å². The van der Waals surface area contributed by atoms with Gasteiger partial charge in [-0.1, -0.05) is 0 Å². The summed E-state index contributed by atoms with van der Waals surface area (Å²) in [6.07, 6.45) is 0.227. The summed E-state index contributed by atoms with van der Waals surface area (Å²) in [5.41, 5.74) is -0.0330. The third-order valence-electron chi connectivity index (χ3n) is 1.89. The molecule has 2 N–H and O–H groups in total. The van der Waals surface area contributed by atoms with Crippen molar-refractivity contribution in [3.05, 3.63) is 28.2 Å². The second-order valence-corrected chi connectivity index (χ2v) is 4.00. The molecule has 1 amide bonds. The lowest BCUT2D eigenvalue weighted by Crippen LogP contribution is -2.19. The van der Waals surface area contributed by atoms with E-state index < -0.39 is 11.6 Å². The first-order valence-corrected chi connectivity index (χ1v) is 5.43. The number of hydrogen-bond donors (Lipinski definition) is 2. The highest BCUT2D eigenvalue weighted by molar-refractivity contribution is 9.10. The Kier molecular flexibility index (Phi) is 4.82. The number of benzene rings is 1. The van der Waals surface area contributed by atoms with Gasteiger partial charge in [0.2, 0.25) is 5.91 Å². The van der Waals surface area contributed by atoms with Crippen molar-refractivity contribution in [2.24, 2.45) is 0 Å². The van der Waals surface area contributed by atoms with Gasteiger partial charge in [0.25, 0.3) is 0 Å². The number of anilines is 1. The van der Waals surface area contributed by atoms with E-state index in [-0.39, 0.29) is 22.5 Å². The van der Waals surface area contributed by atoms with Gasteiger partial charge in [-0.25, -0.2) is 8.78 Å². The second kappa shape index (κ2) is 5.91. The van der Waals surface area contributed by atoms with Crippen molar-refractivity contribution in [3.63, 3.8) is 0 Å². The van der Waals surface area contributed by atoms with Gasteiger partial charge < -0.3 is 10.6 Å². The van der Waals surface area contributed by atoms with Crippen molar-refractivity contribution in [1.82, 2.24) is 5.32 Å². The van der Waals surface area contributed by atoms with Crippen molar-refractivity contribution in [2.45, 2.75) is 6.42 Å². The fourth-order valence-corrected chi connectivity index (χ4v) is 1.41. The van der Waals surface area contributed by atoms with E-state index in [2.05, 4.69) is 26.6 Å². The maximum atomic E-state index is 13.2. The molecule has 1 rings (SSSR count). The van der Waals surface area contributed by atoms with Gasteiger partial charge in [0.05, 0.1) is 10.2 Å². The standard InChI is InChI=1S/C10H11BrF2N2O/c1-14-3-2-10(16)15-9-4-6(11)7(12)5-8(9)13/h4-5,14H,2-3H2,1H3,(H,15,16). The van der Waals surface area contributed by atoms with Crippen molar-refractivity contribution in [1.29, 1.82) is 0 Å². The van der Waals surface area contributed by atoms with Crippen LogP contribution in [0.3, 0.4) is 0 Å². The summed E-state index contributed by atoms with van der Waals surface area (Å²) in [6.45, 7) is 0.496. The van der Waals surface area contributed by atoms with Crippen molar-refractivity contribution in [3.8, 4) is 0 Å². The zero-order chi connectivity index (χ0) is 12.1. The van der Waals surface area contributed by atoms with E-state index in [4.69, 9.17) is 0 Å². The maximum absolute atomic E-state index is 13.2. The lowest BCUT2D eigenvalue weighted by atomic mass is 10.3. The fourth-order valence-electron chi connectivity index (χ4n) is 1.07. The molecule has 6 heteroatoms. The molecule has 1 aromatic rings. The Labute approximate surface area is 100 Å². The van der Waals surface area contributed by atoms with Gasteiger partial charge in [0.15, 0.2) is 0 Å². The first-order chi connectivity index (χ1) is 7.54. The minimum atomic E-state index is -0.793. The van der Waals surface area contributed by atoms with Crippen LogP contribution in [0, 0.1) is 11.6 Å². The predicted octanol–water partition coefficient (Wildman–Crippen LogP) is 2.28. The largest absolute Gasteiger partial charge is 0.324 e. The Morgan fingerprint density at radius 2 is 2.06 bits per heavy atom. The molecule has 0 aromatic heterocycles. The monoisotopic (exact) mass is 292 g/mol. The molecule has 1 aromatic carbocycles. The molecule has 0 saturated carbocycles. The molecule has 0 atom stereocenters. The van der Waals surface area contributed by atoms with Gasteiger partial charge in [0.1, 0.15) is 11.6 Å². The molecule has 0 unspecified atom stereocenters. The topological polar surface area (TPSA) is 41.1 Å². The highest BCUT2D eigenvalue weighted by Gasteiger charge is 2.10. The molecule has 3 nitrogen and oxygen atoms in total. The number of carbonyl (C=O) groups is 1. The van der Waals surface area contributed by atoms with Crippen LogP contribution < -0.4 is 10.6 Å². The van der Waals surface area contributed by atoms with E-state index in [1.807, 2.05) is 0 Å². The number of carbonyl (C=O) groups excluding carboxylic acids is 1. The predicted molar refractivity (Wildman–Crippen MR) is 61.2 cm³/mol. The maximum Gasteiger partial charge on any atom is 0.225 e. The molecule has 0 spiro atoms. The van der Waals surface area contributed by atoms with E-state index in [1.165, 1.54) is 6.07 Å². The molecule has 0 aliphatic rings. The molecule has 16 heavy (non-hydrogen) atoms. The first-order valence-electron chi connectivity index (χ1n) is 4.63. The Morgan fingerprint density at radius 3 is 2.69 bits per heavy atom. The van der Waals surface area contributed by atoms with Crippen LogP contribution in [0.4, 0.5) is 14.5 Å². The van der Waals surface area contributed by atoms with Gasteiger partial charge in [-0.3, -0.25) is 4.79 Å². The minimum Gasteiger partial charge on any atom is -0.324 e. The second-order valence-electron chi connectivity index (χ2n) is 3.15. The van der Waals surface area contributed by atoms with Crippen LogP contribution in [0.5, 0.6) is 0 Å². The van der Waals surface area contributed by atoms with Crippen LogP contribution in [0.15, 0.2) is 16.6 Å². The highest BCUT2D eigenvalue weighted by Crippen LogP contribution is 2.23. The zero-order valence-corrected chi connectivity index (χ0v) is 10.2. The quantitative estimate of drug-likeness (QED) is 0.836. The Balaban J connectivity index is 2.73. The van der Waals surface area contributed by atoms with Crippen molar-refractivity contribution in [2.75, 3.05) is 18.9 Å². The van der Waals surface area contributed by atoms with Gasteiger partial charge in [-0.15, -0.1) is 0 Å². The minimum absolute atomic E-state index is 0.0330. The molecule has 0 bridgehead atoms. The van der Waals surface area contributed by atoms with E-state index in [1.54, 1.807) is 7.05 Å². The van der Waals surface area contributed by atoms with Crippen LogP contribution in [0.2, 0.25) is 0 Å².